The van der Waals surface area contributed by atoms with Crippen LogP contribution >= 0.6 is 0 Å². The first-order valence-corrected chi connectivity index (χ1v) is 5.91. The van der Waals surface area contributed by atoms with Crippen LogP contribution in [0.15, 0.2) is 0 Å². The summed E-state index contributed by atoms with van der Waals surface area (Å²) in [6.45, 7) is 5.65. The molecule has 1 aliphatic heterocycles. The number of alkyl halides is 1. The van der Waals surface area contributed by atoms with E-state index >= 15 is 0 Å². The molecule has 0 unspecified atom stereocenters. The first-order valence-electron chi connectivity index (χ1n) is 5.91. The summed E-state index contributed by atoms with van der Waals surface area (Å²) in [4.78, 5) is 23.9. The molecule has 0 aromatic rings. The Morgan fingerprint density at radius 3 is 2.71 bits per heavy atom. The third-order valence-electron chi connectivity index (χ3n) is 2.65. The average molecular weight is 245 g/mol. The molecule has 0 aromatic heterocycles. The van der Waals surface area contributed by atoms with Gasteiger partial charge in [-0.2, -0.15) is 0 Å². The van der Waals surface area contributed by atoms with Crippen LogP contribution < -0.4 is 0 Å². The molecule has 0 N–H and O–H groups in total. The van der Waals surface area contributed by atoms with E-state index in [0.717, 1.165) is 6.29 Å². The Kier molecular flexibility index (Phi) is 4.48. The fourth-order valence-corrected chi connectivity index (χ4v) is 1.90. The number of hydrogen-bond donors (Lipinski definition) is 0. The summed E-state index contributed by atoms with van der Waals surface area (Å²) in [5.41, 5.74) is -0.574. The van der Waals surface area contributed by atoms with Crippen LogP contribution in [0.2, 0.25) is 0 Å². The molecule has 1 aliphatic rings. The molecule has 0 aliphatic carbocycles. The Labute approximate surface area is 101 Å². The lowest BCUT2D eigenvalue weighted by molar-refractivity contribution is -0.109. The SMILES string of the molecule is CC(C)(C)OC(=O)N1CC[C@@H](F)C[C@@H]1CC=O. The van der Waals surface area contributed by atoms with E-state index in [2.05, 4.69) is 0 Å². The zero-order valence-corrected chi connectivity index (χ0v) is 10.6. The Hall–Kier alpha value is -1.13. The van der Waals surface area contributed by atoms with Crippen LogP contribution in [-0.4, -0.2) is 41.6 Å². The highest BCUT2D eigenvalue weighted by atomic mass is 19.1. The normalized spacial score (nSPS) is 25.5. The number of carbonyl (C=O) groups is 2. The number of amides is 1. The van der Waals surface area contributed by atoms with E-state index in [-0.39, 0.29) is 18.9 Å². The molecule has 1 rings (SSSR count). The molecule has 0 bridgehead atoms. The van der Waals surface area contributed by atoms with Gasteiger partial charge in [-0.25, -0.2) is 9.18 Å². The molecular weight excluding hydrogens is 225 g/mol. The van der Waals surface area contributed by atoms with Crippen LogP contribution in [0.5, 0.6) is 0 Å². The van der Waals surface area contributed by atoms with Crippen molar-refractivity contribution in [2.75, 3.05) is 6.54 Å². The van der Waals surface area contributed by atoms with Gasteiger partial charge in [0.2, 0.25) is 0 Å². The number of aldehydes is 1. The number of halogens is 1. The summed E-state index contributed by atoms with van der Waals surface area (Å²) in [6.07, 6.45) is 0.0293. The molecule has 0 saturated carbocycles. The summed E-state index contributed by atoms with van der Waals surface area (Å²) >= 11 is 0. The topological polar surface area (TPSA) is 46.6 Å². The first kappa shape index (κ1) is 13.9. The largest absolute Gasteiger partial charge is 0.444 e. The minimum atomic E-state index is -0.932. The Morgan fingerprint density at radius 1 is 1.53 bits per heavy atom. The minimum absolute atomic E-state index is 0.166. The maximum absolute atomic E-state index is 13.2. The number of likely N-dealkylation sites (tertiary alicyclic amines) is 1. The fourth-order valence-electron chi connectivity index (χ4n) is 1.90. The molecule has 2 atom stereocenters. The predicted octanol–water partition coefficient (Wildman–Crippen LogP) is 2.31. The van der Waals surface area contributed by atoms with Crippen molar-refractivity contribution in [1.82, 2.24) is 4.90 Å². The molecule has 17 heavy (non-hydrogen) atoms. The van der Waals surface area contributed by atoms with Crippen LogP contribution in [0.3, 0.4) is 0 Å². The van der Waals surface area contributed by atoms with Gasteiger partial charge in [0.15, 0.2) is 0 Å². The van der Waals surface area contributed by atoms with Gasteiger partial charge in [0.25, 0.3) is 0 Å². The highest BCUT2D eigenvalue weighted by molar-refractivity contribution is 5.69. The van der Waals surface area contributed by atoms with E-state index in [0.29, 0.717) is 13.0 Å². The van der Waals surface area contributed by atoms with Gasteiger partial charge in [-0.15, -0.1) is 0 Å². The van der Waals surface area contributed by atoms with Gasteiger partial charge in [-0.3, -0.25) is 0 Å². The number of piperidine rings is 1. The Bertz CT molecular complexity index is 288. The second-order valence-electron chi connectivity index (χ2n) is 5.35. The third kappa shape index (κ3) is 4.32. The molecule has 98 valence electrons. The number of ether oxygens (including phenoxy) is 1. The van der Waals surface area contributed by atoms with E-state index in [9.17, 15) is 14.0 Å². The van der Waals surface area contributed by atoms with Crippen LogP contribution in [0, 0.1) is 0 Å². The number of rotatable bonds is 2. The van der Waals surface area contributed by atoms with Crippen molar-refractivity contribution in [3.05, 3.63) is 0 Å². The fraction of sp³-hybridized carbons (Fsp3) is 0.833. The second kappa shape index (κ2) is 5.47. The lowest BCUT2D eigenvalue weighted by Gasteiger charge is -2.37. The summed E-state index contributed by atoms with van der Waals surface area (Å²) in [7, 11) is 0. The number of hydrogen-bond acceptors (Lipinski definition) is 3. The number of carbonyl (C=O) groups excluding carboxylic acids is 2. The predicted molar refractivity (Wildman–Crippen MR) is 61.5 cm³/mol. The molecule has 4 nitrogen and oxygen atoms in total. The molecule has 1 heterocycles. The third-order valence-corrected chi connectivity index (χ3v) is 2.65. The van der Waals surface area contributed by atoms with Crippen LogP contribution in [0.25, 0.3) is 0 Å². The van der Waals surface area contributed by atoms with Crippen molar-refractivity contribution < 1.29 is 18.7 Å². The van der Waals surface area contributed by atoms with Crippen molar-refractivity contribution in [2.24, 2.45) is 0 Å². The van der Waals surface area contributed by atoms with Crippen molar-refractivity contribution in [3.8, 4) is 0 Å². The highest BCUT2D eigenvalue weighted by Crippen LogP contribution is 2.23. The summed E-state index contributed by atoms with van der Waals surface area (Å²) in [5, 5.41) is 0. The summed E-state index contributed by atoms with van der Waals surface area (Å²) in [5.74, 6) is 0. The van der Waals surface area contributed by atoms with E-state index < -0.39 is 17.9 Å². The van der Waals surface area contributed by atoms with Gasteiger partial charge < -0.3 is 14.4 Å². The molecule has 1 fully saturated rings. The first-order chi connectivity index (χ1) is 7.83. The summed E-state index contributed by atoms with van der Waals surface area (Å²) in [6, 6.07) is -0.369. The van der Waals surface area contributed by atoms with E-state index in [1.807, 2.05) is 0 Å². The lowest BCUT2D eigenvalue weighted by Crippen LogP contribution is -2.48. The van der Waals surface area contributed by atoms with Gasteiger partial charge >= 0.3 is 6.09 Å². The standard InChI is InChI=1S/C12H20FNO3/c1-12(2,3)17-11(16)14-6-4-9(13)8-10(14)5-7-15/h7,9-10H,4-6,8H2,1-3H3/t9-,10+/m1/s1. The molecular formula is C12H20FNO3. The van der Waals surface area contributed by atoms with Gasteiger partial charge in [-0.1, -0.05) is 0 Å². The lowest BCUT2D eigenvalue weighted by atomic mass is 9.99. The van der Waals surface area contributed by atoms with Crippen molar-refractivity contribution in [3.63, 3.8) is 0 Å². The van der Waals surface area contributed by atoms with Crippen molar-refractivity contribution in [1.29, 1.82) is 0 Å². The second-order valence-corrected chi connectivity index (χ2v) is 5.35. The van der Waals surface area contributed by atoms with Crippen molar-refractivity contribution >= 4 is 12.4 Å². The molecule has 1 amide bonds. The van der Waals surface area contributed by atoms with Gasteiger partial charge in [0.1, 0.15) is 18.1 Å². The Balaban J connectivity index is 2.65. The zero-order valence-electron chi connectivity index (χ0n) is 10.6. The maximum atomic E-state index is 13.2. The van der Waals surface area contributed by atoms with Gasteiger partial charge in [-0.05, 0) is 33.6 Å². The highest BCUT2D eigenvalue weighted by Gasteiger charge is 2.33. The van der Waals surface area contributed by atoms with E-state index in [1.54, 1.807) is 20.8 Å². The zero-order chi connectivity index (χ0) is 13.1. The monoisotopic (exact) mass is 245 g/mol. The molecule has 0 aromatic carbocycles. The quantitative estimate of drug-likeness (QED) is 0.701. The minimum Gasteiger partial charge on any atom is -0.444 e. The maximum Gasteiger partial charge on any atom is 0.410 e. The molecule has 0 spiro atoms. The Morgan fingerprint density at radius 2 is 2.18 bits per heavy atom. The van der Waals surface area contributed by atoms with E-state index in [4.69, 9.17) is 4.74 Å². The smallest absolute Gasteiger partial charge is 0.410 e. The van der Waals surface area contributed by atoms with Crippen LogP contribution in [-0.2, 0) is 9.53 Å². The van der Waals surface area contributed by atoms with Crippen LogP contribution in [0.4, 0.5) is 9.18 Å². The molecule has 0 radical (unpaired) electrons. The van der Waals surface area contributed by atoms with Gasteiger partial charge in [0, 0.05) is 19.0 Å². The van der Waals surface area contributed by atoms with Crippen LogP contribution in [0.1, 0.15) is 40.0 Å². The van der Waals surface area contributed by atoms with Crippen molar-refractivity contribution in [2.45, 2.75) is 57.8 Å². The molecule has 5 heteroatoms. The van der Waals surface area contributed by atoms with Gasteiger partial charge in [0.05, 0.1) is 0 Å². The number of nitrogens with zero attached hydrogens (tertiary/aromatic N) is 1. The van der Waals surface area contributed by atoms with E-state index in [1.165, 1.54) is 4.90 Å². The molecule has 1 saturated heterocycles. The summed E-state index contributed by atoms with van der Waals surface area (Å²) < 4.78 is 18.5. The average Bonchev–Trinajstić information content (AvgIpc) is 2.15.